The zero-order valence-electron chi connectivity index (χ0n) is 19.6. The molecule has 5 nitrogen and oxygen atoms in total. The molecule has 4 aliphatic rings. The summed E-state index contributed by atoms with van der Waals surface area (Å²) < 4.78 is 5.17. The Kier molecular flexibility index (Phi) is 6.84. The zero-order chi connectivity index (χ0) is 21.9. The molecule has 0 radical (unpaired) electrons. The summed E-state index contributed by atoms with van der Waals surface area (Å²) in [6.07, 6.45) is 13.2. The van der Waals surface area contributed by atoms with E-state index in [9.17, 15) is 4.79 Å². The van der Waals surface area contributed by atoms with Gasteiger partial charge in [0.25, 0.3) is 5.91 Å². The van der Waals surface area contributed by atoms with E-state index in [1.54, 1.807) is 12.7 Å². The first-order valence-corrected chi connectivity index (χ1v) is 12.8. The molecular weight excluding hydrogens is 398 g/mol. The van der Waals surface area contributed by atoms with Gasteiger partial charge in [-0.05, 0) is 101 Å². The number of piperidine rings is 3. The van der Waals surface area contributed by atoms with Crippen molar-refractivity contribution in [3.63, 3.8) is 0 Å². The number of likely N-dealkylation sites (tertiary alicyclic amines) is 1. The molecule has 3 heterocycles. The van der Waals surface area contributed by atoms with Gasteiger partial charge in [-0.15, -0.1) is 0 Å². The molecular formula is C27H39N3O2. The second kappa shape index (κ2) is 9.96. The van der Waals surface area contributed by atoms with E-state index in [1.807, 2.05) is 24.3 Å². The van der Waals surface area contributed by atoms with Crippen LogP contribution in [0.5, 0.6) is 5.75 Å². The van der Waals surface area contributed by atoms with Crippen molar-refractivity contribution in [1.82, 2.24) is 15.1 Å². The number of nitrogens with zero attached hydrogens (tertiary/aromatic N) is 2. The molecule has 1 aromatic carbocycles. The highest BCUT2D eigenvalue weighted by Crippen LogP contribution is 2.44. The number of rotatable bonds is 7. The molecule has 1 aromatic rings. The maximum absolute atomic E-state index is 12.4. The first-order chi connectivity index (χ1) is 15.7. The highest BCUT2D eigenvalue weighted by atomic mass is 16.5. The Hall–Kier alpha value is -1.85. The molecule has 1 amide bonds. The average molecular weight is 438 g/mol. The molecule has 1 N–H and O–H groups in total. The van der Waals surface area contributed by atoms with Crippen molar-refractivity contribution in [1.29, 1.82) is 0 Å². The third kappa shape index (κ3) is 4.60. The number of methoxy groups -OCH3 is 1. The topological polar surface area (TPSA) is 44.8 Å². The summed E-state index contributed by atoms with van der Waals surface area (Å²) >= 11 is 0. The SMILES string of the molecule is COc1ccc(C(=O)NCCCCN2CCCC3=C[C@@H]4C[C@@H](CN5CCCC[C@H]45)[C@@H]32)cc1. The second-order valence-corrected chi connectivity index (χ2v) is 10.2. The van der Waals surface area contributed by atoms with Crippen LogP contribution in [-0.4, -0.2) is 67.6 Å². The van der Waals surface area contributed by atoms with E-state index in [4.69, 9.17) is 4.74 Å². The Morgan fingerprint density at radius 2 is 2.00 bits per heavy atom. The van der Waals surface area contributed by atoms with E-state index in [-0.39, 0.29) is 5.91 Å². The minimum absolute atomic E-state index is 0.00691. The Morgan fingerprint density at radius 1 is 1.12 bits per heavy atom. The van der Waals surface area contributed by atoms with Gasteiger partial charge in [-0.25, -0.2) is 0 Å². The average Bonchev–Trinajstić information content (AvgIpc) is 2.84. The molecule has 3 saturated heterocycles. The number of carbonyl (C=O) groups excluding carboxylic acids is 1. The Labute approximate surface area is 193 Å². The molecule has 0 aromatic heterocycles. The normalized spacial score (nSPS) is 30.1. The minimum atomic E-state index is 0.00691. The summed E-state index contributed by atoms with van der Waals surface area (Å²) in [5.74, 6) is 2.42. The van der Waals surface area contributed by atoms with Crippen molar-refractivity contribution < 1.29 is 9.53 Å². The Balaban J connectivity index is 1.11. The number of carbonyl (C=O) groups is 1. The largest absolute Gasteiger partial charge is 0.497 e. The Bertz CT molecular complexity index is 821. The predicted octanol–water partition coefficient (Wildman–Crippen LogP) is 4.10. The molecule has 32 heavy (non-hydrogen) atoms. The fourth-order valence-corrected chi connectivity index (χ4v) is 6.82. The van der Waals surface area contributed by atoms with E-state index in [0.29, 0.717) is 11.6 Å². The molecule has 4 atom stereocenters. The summed E-state index contributed by atoms with van der Waals surface area (Å²) in [4.78, 5) is 18.0. The fourth-order valence-electron chi connectivity index (χ4n) is 6.82. The van der Waals surface area contributed by atoms with E-state index < -0.39 is 0 Å². The summed E-state index contributed by atoms with van der Waals surface area (Å²) in [5.41, 5.74) is 2.46. The van der Waals surface area contributed by atoms with Crippen LogP contribution in [0, 0.1) is 11.8 Å². The first-order valence-electron chi connectivity index (χ1n) is 12.8. The van der Waals surface area contributed by atoms with Crippen LogP contribution in [0.25, 0.3) is 0 Å². The highest BCUT2D eigenvalue weighted by molar-refractivity contribution is 5.94. The van der Waals surface area contributed by atoms with Crippen molar-refractivity contribution in [2.75, 3.05) is 39.8 Å². The fraction of sp³-hybridized carbons (Fsp3) is 0.667. The third-order valence-electron chi connectivity index (χ3n) is 8.27. The van der Waals surface area contributed by atoms with E-state index in [0.717, 1.165) is 49.6 Å². The summed E-state index contributed by atoms with van der Waals surface area (Å²) in [6.45, 7) is 5.78. The van der Waals surface area contributed by atoms with Gasteiger partial charge in [0, 0.05) is 30.7 Å². The Morgan fingerprint density at radius 3 is 2.84 bits per heavy atom. The van der Waals surface area contributed by atoms with Gasteiger partial charge in [0.15, 0.2) is 0 Å². The van der Waals surface area contributed by atoms with Gasteiger partial charge in [-0.3, -0.25) is 14.6 Å². The maximum atomic E-state index is 12.4. The van der Waals surface area contributed by atoms with Crippen LogP contribution in [0.1, 0.15) is 61.7 Å². The number of amides is 1. The number of unbranched alkanes of at least 4 members (excludes halogenated alkanes) is 1. The number of benzene rings is 1. The predicted molar refractivity (Wildman–Crippen MR) is 128 cm³/mol. The van der Waals surface area contributed by atoms with Crippen LogP contribution in [-0.2, 0) is 0 Å². The number of nitrogens with one attached hydrogen (secondary N) is 1. The van der Waals surface area contributed by atoms with Crippen LogP contribution >= 0.6 is 0 Å². The lowest BCUT2D eigenvalue weighted by molar-refractivity contribution is -0.000934. The van der Waals surface area contributed by atoms with E-state index >= 15 is 0 Å². The summed E-state index contributed by atoms with van der Waals surface area (Å²) in [6, 6.07) is 8.83. The number of hydrogen-bond acceptors (Lipinski definition) is 4. The van der Waals surface area contributed by atoms with Crippen molar-refractivity contribution in [3.05, 3.63) is 41.5 Å². The lowest BCUT2D eigenvalue weighted by atomic mass is 9.68. The molecule has 5 heteroatoms. The molecule has 0 saturated carbocycles. The molecule has 0 unspecified atom stereocenters. The summed E-state index contributed by atoms with van der Waals surface area (Å²) in [5, 5.41) is 3.08. The lowest BCUT2D eigenvalue weighted by Gasteiger charge is -2.55. The van der Waals surface area contributed by atoms with E-state index in [1.165, 1.54) is 58.2 Å². The van der Waals surface area contributed by atoms with E-state index in [2.05, 4.69) is 21.2 Å². The minimum Gasteiger partial charge on any atom is -0.497 e. The third-order valence-corrected chi connectivity index (χ3v) is 8.27. The van der Waals surface area contributed by atoms with Crippen molar-refractivity contribution >= 4 is 5.91 Å². The molecule has 3 aliphatic heterocycles. The van der Waals surface area contributed by atoms with Gasteiger partial charge in [0.2, 0.25) is 0 Å². The molecule has 1 aliphatic carbocycles. The molecule has 3 fully saturated rings. The van der Waals surface area contributed by atoms with Gasteiger partial charge in [0.1, 0.15) is 5.75 Å². The smallest absolute Gasteiger partial charge is 0.251 e. The molecule has 2 bridgehead atoms. The van der Waals surface area contributed by atoms with Crippen LogP contribution in [0.15, 0.2) is 35.9 Å². The highest BCUT2D eigenvalue weighted by Gasteiger charge is 2.45. The lowest BCUT2D eigenvalue weighted by Crippen LogP contribution is -2.59. The van der Waals surface area contributed by atoms with Gasteiger partial charge < -0.3 is 10.1 Å². The first kappa shape index (κ1) is 22.0. The van der Waals surface area contributed by atoms with Crippen LogP contribution in [0.2, 0.25) is 0 Å². The maximum Gasteiger partial charge on any atom is 0.251 e. The van der Waals surface area contributed by atoms with Crippen molar-refractivity contribution in [2.24, 2.45) is 11.8 Å². The number of hydrogen-bond donors (Lipinski definition) is 1. The van der Waals surface area contributed by atoms with Crippen molar-refractivity contribution in [2.45, 2.75) is 63.5 Å². The monoisotopic (exact) mass is 437 g/mol. The molecule has 174 valence electrons. The molecule has 0 spiro atoms. The zero-order valence-corrected chi connectivity index (χ0v) is 19.6. The summed E-state index contributed by atoms with van der Waals surface area (Å²) in [7, 11) is 1.64. The standard InChI is InChI=1S/C27H39N3O2/c1-32-24-11-9-20(10-12-24)27(31)28-13-3-5-14-29-16-6-7-21-17-22-18-23(26(21)29)19-30-15-4-2-8-25(22)30/h9-12,17,22-23,25-26H,2-8,13-16,18-19H2,1H3,(H,28,31)/t22-,23+,25-,26-/m1/s1. The van der Waals surface area contributed by atoms with Gasteiger partial charge >= 0.3 is 0 Å². The van der Waals surface area contributed by atoms with Crippen LogP contribution < -0.4 is 10.1 Å². The van der Waals surface area contributed by atoms with Crippen LogP contribution in [0.3, 0.4) is 0 Å². The second-order valence-electron chi connectivity index (χ2n) is 10.2. The van der Waals surface area contributed by atoms with Gasteiger partial charge in [0.05, 0.1) is 7.11 Å². The van der Waals surface area contributed by atoms with Gasteiger partial charge in [-0.2, -0.15) is 0 Å². The quantitative estimate of drug-likeness (QED) is 0.515. The number of fused-ring (bicyclic) bond motifs is 6. The number of ether oxygens (including phenoxy) is 1. The van der Waals surface area contributed by atoms with Crippen LogP contribution in [0.4, 0.5) is 0 Å². The molecule has 5 rings (SSSR count). The van der Waals surface area contributed by atoms with Gasteiger partial charge in [-0.1, -0.05) is 18.1 Å². The van der Waals surface area contributed by atoms with Crippen molar-refractivity contribution in [3.8, 4) is 5.75 Å².